The molecule has 1 rings (SSSR count). The van der Waals surface area contributed by atoms with Crippen molar-refractivity contribution >= 4 is 22.5 Å². The third-order valence-corrected chi connectivity index (χ3v) is 4.36. The summed E-state index contributed by atoms with van der Waals surface area (Å²) in [6, 6.07) is 5.80. The lowest BCUT2D eigenvalue weighted by Crippen LogP contribution is -2.31. The lowest BCUT2D eigenvalue weighted by atomic mass is 9.97. The van der Waals surface area contributed by atoms with Crippen LogP contribution in [0.25, 0.3) is 0 Å². The van der Waals surface area contributed by atoms with Crippen LogP contribution in [0.3, 0.4) is 0 Å². The Morgan fingerprint density at radius 1 is 1.42 bits per heavy atom. The molecule has 0 radical (unpaired) electrons. The van der Waals surface area contributed by atoms with E-state index in [1.165, 1.54) is 25.3 Å². The second kappa shape index (κ2) is 5.92. The number of ether oxygens (including phenoxy) is 1. The Balaban J connectivity index is 3.03. The van der Waals surface area contributed by atoms with Gasteiger partial charge in [-0.05, 0) is 19.9 Å². The number of carbonyl (C=O) groups excluding carboxylic acids is 1. The molecule has 6 nitrogen and oxygen atoms in total. The van der Waals surface area contributed by atoms with E-state index >= 15 is 0 Å². The first kappa shape index (κ1) is 15.3. The van der Waals surface area contributed by atoms with Crippen LogP contribution >= 0.6 is 0 Å². The molecule has 1 unspecified atom stereocenters. The van der Waals surface area contributed by atoms with Crippen LogP contribution in [0.1, 0.15) is 13.8 Å². The molecule has 1 atom stereocenters. The molecule has 1 aromatic carbocycles. The van der Waals surface area contributed by atoms with E-state index in [1.54, 1.807) is 19.9 Å². The van der Waals surface area contributed by atoms with E-state index in [-0.39, 0.29) is 16.3 Å². The molecule has 104 valence electrons. The second-order valence-electron chi connectivity index (χ2n) is 4.59. The van der Waals surface area contributed by atoms with Crippen LogP contribution in [0.5, 0.6) is 0 Å². The summed E-state index contributed by atoms with van der Waals surface area (Å²) in [6.45, 7) is 3.18. The Bertz CT molecular complexity index is 527. The standard InChI is InChI=1S/C12H15NO5S/c1-12(2,11(14)18-3)8-19(17)10-7-5-4-6-9(10)13(15)16/h4-7H,8H2,1-3H3. The molecular weight excluding hydrogens is 270 g/mol. The molecule has 0 aromatic heterocycles. The predicted octanol–water partition coefficient (Wildman–Crippen LogP) is 1.90. The summed E-state index contributed by atoms with van der Waals surface area (Å²) in [4.78, 5) is 21.9. The first-order valence-electron chi connectivity index (χ1n) is 5.50. The SMILES string of the molecule is COC(=O)C(C)(C)CS(=O)c1ccccc1[N+](=O)[O-]. The predicted molar refractivity (Wildman–Crippen MR) is 70.2 cm³/mol. The number of esters is 1. The number of methoxy groups -OCH3 is 1. The molecule has 0 saturated heterocycles. The maximum Gasteiger partial charge on any atom is 0.312 e. The van der Waals surface area contributed by atoms with Crippen molar-refractivity contribution in [1.29, 1.82) is 0 Å². The van der Waals surface area contributed by atoms with Crippen LogP contribution in [-0.4, -0.2) is 28.0 Å². The Labute approximate surface area is 113 Å². The zero-order valence-corrected chi connectivity index (χ0v) is 11.7. The number of carbonyl (C=O) groups is 1. The molecule has 0 heterocycles. The van der Waals surface area contributed by atoms with Gasteiger partial charge in [-0.15, -0.1) is 0 Å². The topological polar surface area (TPSA) is 86.5 Å². The molecule has 1 aromatic rings. The molecule has 7 heteroatoms. The zero-order chi connectivity index (χ0) is 14.6. The third-order valence-electron chi connectivity index (χ3n) is 2.54. The molecule has 0 aliphatic carbocycles. The van der Waals surface area contributed by atoms with Crippen LogP contribution in [-0.2, 0) is 20.3 Å². The highest BCUT2D eigenvalue weighted by Crippen LogP contribution is 2.26. The summed E-state index contributed by atoms with van der Waals surface area (Å²) in [7, 11) is -0.402. The summed E-state index contributed by atoms with van der Waals surface area (Å²) in [5.41, 5.74) is -1.18. The lowest BCUT2D eigenvalue weighted by molar-refractivity contribution is -0.387. The van der Waals surface area contributed by atoms with E-state index < -0.39 is 27.1 Å². The molecule has 0 saturated carbocycles. The van der Waals surface area contributed by atoms with Crippen molar-refractivity contribution in [1.82, 2.24) is 0 Å². The number of nitrogens with zero attached hydrogens (tertiary/aromatic N) is 1. The van der Waals surface area contributed by atoms with Gasteiger partial charge >= 0.3 is 5.97 Å². The average Bonchev–Trinajstić information content (AvgIpc) is 2.37. The van der Waals surface area contributed by atoms with Gasteiger partial charge in [0.1, 0.15) is 4.90 Å². The van der Waals surface area contributed by atoms with Gasteiger partial charge < -0.3 is 4.74 Å². The molecule has 19 heavy (non-hydrogen) atoms. The molecule has 0 spiro atoms. The van der Waals surface area contributed by atoms with E-state index in [1.807, 2.05) is 0 Å². The second-order valence-corrected chi connectivity index (χ2v) is 6.01. The Morgan fingerprint density at radius 2 is 2.00 bits per heavy atom. The normalized spacial score (nSPS) is 12.8. The Hall–Kier alpha value is -1.76. The van der Waals surface area contributed by atoms with Gasteiger partial charge in [0, 0.05) is 11.8 Å². The molecule has 0 N–H and O–H groups in total. The number of benzene rings is 1. The fourth-order valence-electron chi connectivity index (χ4n) is 1.54. The van der Waals surface area contributed by atoms with Crippen molar-refractivity contribution in [3.8, 4) is 0 Å². The minimum Gasteiger partial charge on any atom is -0.469 e. The fraction of sp³-hybridized carbons (Fsp3) is 0.417. The van der Waals surface area contributed by atoms with Gasteiger partial charge in [-0.1, -0.05) is 12.1 Å². The summed E-state index contributed by atoms with van der Waals surface area (Å²) < 4.78 is 16.8. The maximum absolute atomic E-state index is 12.2. The van der Waals surface area contributed by atoms with E-state index in [0.717, 1.165) is 0 Å². The van der Waals surface area contributed by atoms with Crippen LogP contribution in [0.4, 0.5) is 5.69 Å². The number of rotatable bonds is 5. The Kier molecular flexibility index (Phi) is 4.77. The number of hydrogen-bond donors (Lipinski definition) is 0. The van der Waals surface area contributed by atoms with Gasteiger partial charge in [0.2, 0.25) is 0 Å². The molecular formula is C12H15NO5S. The quantitative estimate of drug-likeness (QED) is 0.468. The highest BCUT2D eigenvalue weighted by atomic mass is 32.2. The van der Waals surface area contributed by atoms with Crippen LogP contribution in [0.15, 0.2) is 29.2 Å². The third kappa shape index (κ3) is 3.60. The van der Waals surface area contributed by atoms with Gasteiger partial charge in [-0.2, -0.15) is 0 Å². The van der Waals surface area contributed by atoms with E-state index in [0.29, 0.717) is 0 Å². The summed E-state index contributed by atoms with van der Waals surface area (Å²) in [6.07, 6.45) is 0. The average molecular weight is 285 g/mol. The summed E-state index contributed by atoms with van der Waals surface area (Å²) >= 11 is 0. The van der Waals surface area contributed by atoms with Crippen LogP contribution in [0, 0.1) is 15.5 Å². The fourth-order valence-corrected chi connectivity index (χ4v) is 3.08. The minimum absolute atomic E-state index is 0.0372. The zero-order valence-electron chi connectivity index (χ0n) is 10.9. The number of nitro benzene ring substituents is 1. The Morgan fingerprint density at radius 3 is 2.53 bits per heavy atom. The monoisotopic (exact) mass is 285 g/mol. The van der Waals surface area contributed by atoms with E-state index in [9.17, 15) is 19.1 Å². The molecule has 0 bridgehead atoms. The van der Waals surface area contributed by atoms with Gasteiger partial charge in [0.05, 0.1) is 28.2 Å². The van der Waals surface area contributed by atoms with Gasteiger partial charge in [0.15, 0.2) is 0 Å². The van der Waals surface area contributed by atoms with Gasteiger partial charge in [-0.3, -0.25) is 19.1 Å². The maximum atomic E-state index is 12.2. The smallest absolute Gasteiger partial charge is 0.312 e. The van der Waals surface area contributed by atoms with Gasteiger partial charge in [0.25, 0.3) is 5.69 Å². The van der Waals surface area contributed by atoms with Crippen molar-refractivity contribution in [3.05, 3.63) is 34.4 Å². The largest absolute Gasteiger partial charge is 0.469 e. The van der Waals surface area contributed by atoms with Crippen LogP contribution < -0.4 is 0 Å². The molecule has 0 amide bonds. The number of hydrogen-bond acceptors (Lipinski definition) is 5. The van der Waals surface area contributed by atoms with Crippen molar-refractivity contribution in [2.45, 2.75) is 18.7 Å². The van der Waals surface area contributed by atoms with Gasteiger partial charge in [-0.25, -0.2) is 0 Å². The van der Waals surface area contributed by atoms with E-state index in [4.69, 9.17) is 0 Å². The number of nitro groups is 1. The first-order chi connectivity index (χ1) is 8.79. The molecule has 0 fully saturated rings. The lowest BCUT2D eigenvalue weighted by Gasteiger charge is -2.20. The highest BCUT2D eigenvalue weighted by molar-refractivity contribution is 7.85. The van der Waals surface area contributed by atoms with E-state index in [2.05, 4.69) is 4.74 Å². The van der Waals surface area contributed by atoms with Crippen molar-refractivity contribution < 1.29 is 18.7 Å². The van der Waals surface area contributed by atoms with Crippen molar-refractivity contribution in [2.75, 3.05) is 12.9 Å². The first-order valence-corrected chi connectivity index (χ1v) is 6.81. The van der Waals surface area contributed by atoms with Crippen molar-refractivity contribution in [3.63, 3.8) is 0 Å². The number of para-hydroxylation sites is 1. The summed E-state index contributed by atoms with van der Waals surface area (Å²) in [5.74, 6) is -0.538. The molecule has 0 aliphatic heterocycles. The summed E-state index contributed by atoms with van der Waals surface area (Å²) in [5, 5.41) is 10.9. The minimum atomic E-state index is -1.65. The van der Waals surface area contributed by atoms with Crippen molar-refractivity contribution in [2.24, 2.45) is 5.41 Å². The highest BCUT2D eigenvalue weighted by Gasteiger charge is 2.33. The van der Waals surface area contributed by atoms with Crippen LogP contribution in [0.2, 0.25) is 0 Å². The molecule has 0 aliphatic rings.